The maximum absolute atomic E-state index is 9.63. The first kappa shape index (κ1) is 23.4. The van der Waals surface area contributed by atoms with Crippen LogP contribution in [0.2, 0.25) is 0 Å². The lowest BCUT2D eigenvalue weighted by Gasteiger charge is -1.95. The Kier molecular flexibility index (Phi) is 12.1. The molecule has 0 saturated heterocycles. The van der Waals surface area contributed by atoms with E-state index in [0.717, 1.165) is 0 Å². The first-order chi connectivity index (χ1) is 14.7. The average Bonchev–Trinajstić information content (AvgIpc) is 2.75. The van der Waals surface area contributed by atoms with Crippen molar-refractivity contribution in [3.05, 3.63) is 126 Å². The van der Waals surface area contributed by atoms with E-state index < -0.39 is 0 Å². The first-order valence-corrected chi connectivity index (χ1v) is 8.96. The third-order valence-corrected chi connectivity index (χ3v) is 3.28. The van der Waals surface area contributed by atoms with Crippen LogP contribution in [0, 0.1) is 22.7 Å². The Morgan fingerprint density at radius 2 is 1.37 bits per heavy atom. The van der Waals surface area contributed by atoms with Crippen LogP contribution in [-0.4, -0.2) is 11.3 Å². The lowest BCUT2D eigenvalue weighted by atomic mass is 10.2. The van der Waals surface area contributed by atoms with Gasteiger partial charge in [0, 0.05) is 23.7 Å². The number of para-hydroxylation sites is 1. The molecular weight excluding hydrogens is 372 g/mol. The summed E-state index contributed by atoms with van der Waals surface area (Å²) < 4.78 is 0. The van der Waals surface area contributed by atoms with Gasteiger partial charge in [0.1, 0.15) is 23.5 Å². The zero-order valence-electron chi connectivity index (χ0n) is 16.3. The van der Waals surface area contributed by atoms with Crippen LogP contribution in [0.5, 0.6) is 5.75 Å². The largest absolute Gasteiger partial charge is 0.507 e. The summed E-state index contributed by atoms with van der Waals surface area (Å²) in [6, 6.07) is 10.5. The van der Waals surface area contributed by atoms with Crippen LogP contribution in [0.1, 0.15) is 5.56 Å². The predicted octanol–water partition coefficient (Wildman–Crippen LogP) is 4.92. The summed E-state index contributed by atoms with van der Waals surface area (Å²) in [5.74, 6) is 0.168. The van der Waals surface area contributed by atoms with Crippen molar-refractivity contribution in [3.63, 3.8) is 0 Å². The van der Waals surface area contributed by atoms with Crippen molar-refractivity contribution in [2.24, 2.45) is 10.7 Å². The number of aromatic hydroxyl groups is 1. The number of phenols is 1. The summed E-state index contributed by atoms with van der Waals surface area (Å²) in [6.07, 6.45) is 26.2. The number of hydrogen-bond donors (Lipinski definition) is 2. The van der Waals surface area contributed by atoms with E-state index in [4.69, 9.17) is 16.3 Å². The van der Waals surface area contributed by atoms with Gasteiger partial charge in [-0.25, -0.2) is 0 Å². The molecule has 148 valence electrons. The number of hydrogen-bond acceptors (Lipinski definition) is 5. The summed E-state index contributed by atoms with van der Waals surface area (Å²) in [4.78, 5) is 4.08. The fourth-order valence-electron chi connectivity index (χ4n) is 1.84. The van der Waals surface area contributed by atoms with Crippen molar-refractivity contribution in [1.82, 2.24) is 0 Å². The molecule has 1 rings (SSSR count). The second-order valence-electron chi connectivity index (χ2n) is 5.55. The number of phenolic OH excluding ortho intramolecular Hbond substituents is 1. The van der Waals surface area contributed by atoms with Crippen molar-refractivity contribution in [3.8, 4) is 17.9 Å². The van der Waals surface area contributed by atoms with Crippen LogP contribution in [0.3, 0.4) is 0 Å². The van der Waals surface area contributed by atoms with E-state index in [9.17, 15) is 5.11 Å². The standard InChI is InChI=1S/C25H22N4O/c26-18-22(19-27)14-10-8-6-4-2-1-3-5-7-9-11-16-24(28)21-29-20-23-15-12-13-17-25(23)30/h1-17,20-21,30H,28H2/b2-1+,5-3+,6-4+,9-7+,10-8+,16-11+,24-21-,29-20?. The minimum absolute atomic E-state index is 0.0661. The molecule has 0 aliphatic heterocycles. The monoisotopic (exact) mass is 394 g/mol. The minimum atomic E-state index is 0.0661. The Morgan fingerprint density at radius 1 is 0.833 bits per heavy atom. The SMILES string of the molecule is N#CC(C#N)=C/C=C/C=C/C=C/C=C/C=C/C=C/C(N)=C/N=Cc1ccccc1O. The zero-order chi connectivity index (χ0) is 21.9. The van der Waals surface area contributed by atoms with E-state index in [1.807, 2.05) is 48.6 Å². The number of nitrogens with two attached hydrogens (primary N) is 1. The van der Waals surface area contributed by atoms with Gasteiger partial charge in [0.05, 0.1) is 0 Å². The van der Waals surface area contributed by atoms with Crippen molar-refractivity contribution in [1.29, 1.82) is 10.5 Å². The molecule has 0 spiro atoms. The highest BCUT2D eigenvalue weighted by atomic mass is 16.3. The highest BCUT2D eigenvalue weighted by Gasteiger charge is 1.93. The topological polar surface area (TPSA) is 106 Å². The van der Waals surface area contributed by atoms with Gasteiger partial charge in [0.15, 0.2) is 0 Å². The van der Waals surface area contributed by atoms with E-state index in [0.29, 0.717) is 11.3 Å². The maximum Gasteiger partial charge on any atom is 0.129 e. The zero-order valence-corrected chi connectivity index (χ0v) is 16.3. The number of rotatable bonds is 9. The van der Waals surface area contributed by atoms with Gasteiger partial charge >= 0.3 is 0 Å². The smallest absolute Gasteiger partial charge is 0.129 e. The molecular formula is C25H22N4O. The van der Waals surface area contributed by atoms with E-state index in [1.165, 1.54) is 18.5 Å². The Balaban J connectivity index is 2.37. The third-order valence-electron chi connectivity index (χ3n) is 3.28. The van der Waals surface area contributed by atoms with Crippen molar-refractivity contribution in [2.45, 2.75) is 0 Å². The van der Waals surface area contributed by atoms with E-state index in [2.05, 4.69) is 4.99 Å². The maximum atomic E-state index is 9.63. The molecule has 0 fully saturated rings. The van der Waals surface area contributed by atoms with Crippen LogP contribution in [0.4, 0.5) is 0 Å². The number of allylic oxidation sites excluding steroid dienone is 14. The van der Waals surface area contributed by atoms with Gasteiger partial charge in [-0.15, -0.1) is 0 Å². The Labute approximate surface area is 177 Å². The second-order valence-corrected chi connectivity index (χ2v) is 5.55. The number of nitriles is 2. The van der Waals surface area contributed by atoms with Crippen molar-refractivity contribution < 1.29 is 5.11 Å². The van der Waals surface area contributed by atoms with E-state index >= 15 is 0 Å². The molecule has 0 aliphatic rings. The van der Waals surface area contributed by atoms with Crippen molar-refractivity contribution in [2.75, 3.05) is 0 Å². The summed E-state index contributed by atoms with van der Waals surface area (Å²) in [6.45, 7) is 0. The normalized spacial score (nSPS) is 12.8. The van der Waals surface area contributed by atoms with Crippen LogP contribution >= 0.6 is 0 Å². The highest BCUT2D eigenvalue weighted by molar-refractivity contribution is 5.83. The molecule has 0 bridgehead atoms. The molecule has 5 nitrogen and oxygen atoms in total. The van der Waals surface area contributed by atoms with Gasteiger partial charge in [-0.05, 0) is 24.3 Å². The fraction of sp³-hybridized carbons (Fsp3) is 0. The van der Waals surface area contributed by atoms with Crippen LogP contribution < -0.4 is 5.73 Å². The number of benzene rings is 1. The highest BCUT2D eigenvalue weighted by Crippen LogP contribution is 2.12. The van der Waals surface area contributed by atoms with Gasteiger partial charge in [0.2, 0.25) is 0 Å². The van der Waals surface area contributed by atoms with E-state index in [-0.39, 0.29) is 11.3 Å². The molecule has 0 amide bonds. The minimum Gasteiger partial charge on any atom is -0.507 e. The number of aliphatic imine (C=N–C) groups is 1. The molecule has 0 heterocycles. The predicted molar refractivity (Wildman–Crippen MR) is 122 cm³/mol. The summed E-state index contributed by atoms with van der Waals surface area (Å²) in [5.41, 5.74) is 7.00. The molecule has 3 N–H and O–H groups in total. The van der Waals surface area contributed by atoms with Gasteiger partial charge in [-0.3, -0.25) is 4.99 Å². The molecule has 5 heteroatoms. The van der Waals surface area contributed by atoms with Gasteiger partial charge in [-0.1, -0.05) is 79.0 Å². The molecule has 1 aromatic rings. The molecule has 0 aliphatic carbocycles. The first-order valence-electron chi connectivity index (χ1n) is 8.96. The van der Waals surface area contributed by atoms with Crippen LogP contribution in [0.25, 0.3) is 0 Å². The Hall–Kier alpha value is -4.61. The molecule has 0 atom stereocenters. The number of nitrogens with zero attached hydrogens (tertiary/aromatic N) is 3. The summed E-state index contributed by atoms with van der Waals surface area (Å²) in [5, 5.41) is 26.8. The quantitative estimate of drug-likeness (QED) is 0.352. The lowest BCUT2D eigenvalue weighted by Crippen LogP contribution is -1.91. The van der Waals surface area contributed by atoms with Crippen LogP contribution in [0.15, 0.2) is 126 Å². The van der Waals surface area contributed by atoms with Crippen molar-refractivity contribution >= 4 is 6.21 Å². The summed E-state index contributed by atoms with van der Waals surface area (Å²) >= 11 is 0. The lowest BCUT2D eigenvalue weighted by molar-refractivity contribution is 0.474. The van der Waals surface area contributed by atoms with Gasteiger partial charge in [0.25, 0.3) is 0 Å². The van der Waals surface area contributed by atoms with Gasteiger partial charge in [-0.2, -0.15) is 10.5 Å². The summed E-state index contributed by atoms with van der Waals surface area (Å²) in [7, 11) is 0. The average molecular weight is 394 g/mol. The fourth-order valence-corrected chi connectivity index (χ4v) is 1.84. The second kappa shape index (κ2) is 15.4. The molecule has 0 radical (unpaired) electrons. The molecule has 1 aromatic carbocycles. The molecule has 0 saturated carbocycles. The Bertz CT molecular complexity index is 1020. The molecule has 30 heavy (non-hydrogen) atoms. The van der Waals surface area contributed by atoms with Gasteiger partial charge < -0.3 is 10.8 Å². The van der Waals surface area contributed by atoms with Crippen LogP contribution in [-0.2, 0) is 0 Å². The Morgan fingerprint density at radius 3 is 1.93 bits per heavy atom. The molecule has 0 aromatic heterocycles. The molecule has 0 unspecified atom stereocenters. The van der Waals surface area contributed by atoms with E-state index in [1.54, 1.807) is 60.7 Å². The third kappa shape index (κ3) is 11.2.